The number of aromatic nitrogens is 2. The van der Waals surface area contributed by atoms with Gasteiger partial charge in [-0.15, -0.1) is 0 Å². The molecule has 19 heavy (non-hydrogen) atoms. The molecular formula is C11H17N3O4S. The molecule has 0 radical (unpaired) electrons. The van der Waals surface area contributed by atoms with Crippen molar-refractivity contribution in [2.75, 3.05) is 6.54 Å². The third-order valence-electron chi connectivity index (χ3n) is 3.33. The molecule has 1 saturated heterocycles. The summed E-state index contributed by atoms with van der Waals surface area (Å²) < 4.78 is 27.7. The van der Waals surface area contributed by atoms with Gasteiger partial charge in [-0.3, -0.25) is 4.79 Å². The summed E-state index contributed by atoms with van der Waals surface area (Å²) in [6.07, 6.45) is 4.48. The molecule has 0 aliphatic carbocycles. The minimum absolute atomic E-state index is 0.0585. The van der Waals surface area contributed by atoms with Crippen LogP contribution in [0.1, 0.15) is 26.2 Å². The summed E-state index contributed by atoms with van der Waals surface area (Å²) in [7, 11) is -3.80. The van der Waals surface area contributed by atoms with Crippen LogP contribution in [0.25, 0.3) is 0 Å². The Hall–Kier alpha value is -1.41. The minimum Gasteiger partial charge on any atom is -0.480 e. The van der Waals surface area contributed by atoms with E-state index in [0.29, 0.717) is 19.4 Å². The van der Waals surface area contributed by atoms with Crippen molar-refractivity contribution < 1.29 is 18.3 Å². The average Bonchev–Trinajstić information content (AvgIpc) is 2.87. The zero-order valence-corrected chi connectivity index (χ0v) is 11.5. The standard InChI is InChI=1S/C11H17N3O4S/c1-2-13-8-12-7-10(13)19(17,18)14-6-4-3-5-9(14)11(15)16/h7-9H,2-6H2,1H3,(H,15,16). The number of hydrogen-bond donors (Lipinski definition) is 1. The average molecular weight is 287 g/mol. The van der Waals surface area contributed by atoms with E-state index in [-0.39, 0.29) is 11.6 Å². The lowest BCUT2D eigenvalue weighted by Crippen LogP contribution is -2.48. The van der Waals surface area contributed by atoms with Gasteiger partial charge in [-0.05, 0) is 26.2 Å². The monoisotopic (exact) mass is 287 g/mol. The minimum atomic E-state index is -3.80. The van der Waals surface area contributed by atoms with Gasteiger partial charge in [-0.1, -0.05) is 0 Å². The third-order valence-corrected chi connectivity index (χ3v) is 5.25. The molecular weight excluding hydrogens is 270 g/mol. The van der Waals surface area contributed by atoms with Crippen molar-refractivity contribution in [3.63, 3.8) is 0 Å². The number of nitrogens with zero attached hydrogens (tertiary/aromatic N) is 3. The normalized spacial score (nSPS) is 21.4. The SMILES string of the molecule is CCn1cncc1S(=O)(=O)N1CCCCC1C(=O)O. The van der Waals surface area contributed by atoms with Gasteiger partial charge in [0.05, 0.1) is 12.5 Å². The zero-order chi connectivity index (χ0) is 14.0. The Bertz CT molecular complexity index is 566. The summed E-state index contributed by atoms with van der Waals surface area (Å²) in [5.74, 6) is -1.09. The number of sulfonamides is 1. The van der Waals surface area contributed by atoms with Gasteiger partial charge in [0.15, 0.2) is 5.03 Å². The molecule has 0 bridgehead atoms. The highest BCUT2D eigenvalue weighted by molar-refractivity contribution is 7.89. The van der Waals surface area contributed by atoms with Crippen molar-refractivity contribution in [2.45, 2.75) is 43.8 Å². The van der Waals surface area contributed by atoms with Crippen LogP contribution >= 0.6 is 0 Å². The molecule has 7 nitrogen and oxygen atoms in total. The van der Waals surface area contributed by atoms with Gasteiger partial charge in [0, 0.05) is 13.1 Å². The number of hydrogen-bond acceptors (Lipinski definition) is 4. The summed E-state index contributed by atoms with van der Waals surface area (Å²) in [6, 6.07) is -0.973. The van der Waals surface area contributed by atoms with E-state index in [1.165, 1.54) is 17.1 Å². The van der Waals surface area contributed by atoms with Crippen molar-refractivity contribution >= 4 is 16.0 Å². The van der Waals surface area contributed by atoms with E-state index in [1.54, 1.807) is 0 Å². The van der Waals surface area contributed by atoms with E-state index in [4.69, 9.17) is 5.11 Å². The molecule has 0 amide bonds. The number of piperidine rings is 1. The maximum absolute atomic E-state index is 12.5. The van der Waals surface area contributed by atoms with Crippen molar-refractivity contribution in [1.82, 2.24) is 13.9 Å². The van der Waals surface area contributed by atoms with Gasteiger partial charge in [0.25, 0.3) is 10.0 Å². The predicted molar refractivity (Wildman–Crippen MR) is 67.1 cm³/mol. The molecule has 0 saturated carbocycles. The van der Waals surface area contributed by atoms with Crippen molar-refractivity contribution in [1.29, 1.82) is 0 Å². The first-order valence-electron chi connectivity index (χ1n) is 6.23. The predicted octanol–water partition coefficient (Wildman–Crippen LogP) is 0.531. The van der Waals surface area contributed by atoms with E-state index in [0.717, 1.165) is 10.7 Å². The molecule has 106 valence electrons. The van der Waals surface area contributed by atoms with E-state index >= 15 is 0 Å². The maximum Gasteiger partial charge on any atom is 0.322 e. The largest absolute Gasteiger partial charge is 0.480 e. The first kappa shape index (κ1) is 14.0. The molecule has 1 aromatic heterocycles. The van der Waals surface area contributed by atoms with Crippen LogP contribution in [0, 0.1) is 0 Å². The molecule has 1 fully saturated rings. The molecule has 1 unspecified atom stereocenters. The molecule has 1 aliphatic heterocycles. The molecule has 2 heterocycles. The fourth-order valence-electron chi connectivity index (χ4n) is 2.32. The Morgan fingerprint density at radius 3 is 2.89 bits per heavy atom. The topological polar surface area (TPSA) is 92.5 Å². The van der Waals surface area contributed by atoms with Crippen LogP contribution in [0.5, 0.6) is 0 Å². The second-order valence-corrected chi connectivity index (χ2v) is 6.32. The van der Waals surface area contributed by atoms with Crippen LogP contribution in [-0.4, -0.2) is 45.9 Å². The lowest BCUT2D eigenvalue weighted by Gasteiger charge is -2.31. The lowest BCUT2D eigenvalue weighted by atomic mass is 10.1. The Labute approximate surface area is 111 Å². The van der Waals surface area contributed by atoms with E-state index in [1.807, 2.05) is 6.92 Å². The molecule has 1 aromatic rings. The van der Waals surface area contributed by atoms with Gasteiger partial charge in [-0.25, -0.2) is 13.4 Å². The second-order valence-electron chi connectivity index (χ2n) is 4.48. The smallest absolute Gasteiger partial charge is 0.322 e. The van der Waals surface area contributed by atoms with Crippen LogP contribution in [0.3, 0.4) is 0 Å². The first-order valence-corrected chi connectivity index (χ1v) is 7.67. The molecule has 1 aliphatic rings. The number of carbonyl (C=O) groups is 1. The second kappa shape index (κ2) is 5.30. The highest BCUT2D eigenvalue weighted by atomic mass is 32.2. The lowest BCUT2D eigenvalue weighted by molar-refractivity contribution is -0.142. The van der Waals surface area contributed by atoms with Crippen LogP contribution in [0.15, 0.2) is 17.6 Å². The third kappa shape index (κ3) is 2.50. The van der Waals surface area contributed by atoms with Crippen LogP contribution in [0.2, 0.25) is 0 Å². The molecule has 1 atom stereocenters. The quantitative estimate of drug-likeness (QED) is 0.872. The first-order chi connectivity index (χ1) is 8.98. The summed E-state index contributed by atoms with van der Waals surface area (Å²) in [6.45, 7) is 2.53. The van der Waals surface area contributed by atoms with Crippen LogP contribution in [-0.2, 0) is 21.4 Å². The van der Waals surface area contributed by atoms with Gasteiger partial charge in [0.1, 0.15) is 6.04 Å². The van der Waals surface area contributed by atoms with Crippen molar-refractivity contribution in [2.24, 2.45) is 0 Å². The summed E-state index contributed by atoms with van der Waals surface area (Å²) >= 11 is 0. The zero-order valence-electron chi connectivity index (χ0n) is 10.7. The molecule has 0 aromatic carbocycles. The highest BCUT2D eigenvalue weighted by Crippen LogP contribution is 2.25. The molecule has 0 spiro atoms. The summed E-state index contributed by atoms with van der Waals surface area (Å²) in [4.78, 5) is 15.0. The number of carboxylic acids is 1. The fourth-order valence-corrected chi connectivity index (χ4v) is 4.13. The number of rotatable bonds is 4. The van der Waals surface area contributed by atoms with Gasteiger partial charge in [0.2, 0.25) is 0 Å². The van der Waals surface area contributed by atoms with E-state index in [9.17, 15) is 13.2 Å². The number of imidazole rings is 1. The fraction of sp³-hybridized carbons (Fsp3) is 0.636. The Balaban J connectivity index is 2.40. The number of aryl methyl sites for hydroxylation is 1. The van der Waals surface area contributed by atoms with Gasteiger partial charge >= 0.3 is 5.97 Å². The summed E-state index contributed by atoms with van der Waals surface area (Å²) in [5, 5.41) is 9.23. The molecule has 1 N–H and O–H groups in total. The van der Waals surface area contributed by atoms with Gasteiger partial charge < -0.3 is 9.67 Å². The summed E-state index contributed by atoms with van der Waals surface area (Å²) in [5.41, 5.74) is 0. The number of aliphatic carboxylic acids is 1. The van der Waals surface area contributed by atoms with E-state index < -0.39 is 22.0 Å². The van der Waals surface area contributed by atoms with E-state index in [2.05, 4.69) is 4.98 Å². The van der Waals surface area contributed by atoms with Crippen LogP contribution < -0.4 is 0 Å². The van der Waals surface area contributed by atoms with Gasteiger partial charge in [-0.2, -0.15) is 4.31 Å². The Morgan fingerprint density at radius 2 is 2.26 bits per heavy atom. The van der Waals surface area contributed by atoms with Crippen LogP contribution in [0.4, 0.5) is 0 Å². The van der Waals surface area contributed by atoms with Crippen molar-refractivity contribution in [3.8, 4) is 0 Å². The molecule has 8 heteroatoms. The Morgan fingerprint density at radius 1 is 1.53 bits per heavy atom. The maximum atomic E-state index is 12.5. The number of carboxylic acid groups (broad SMARTS) is 1. The molecule has 2 rings (SSSR count). The highest BCUT2D eigenvalue weighted by Gasteiger charge is 2.38. The van der Waals surface area contributed by atoms with Crippen molar-refractivity contribution in [3.05, 3.63) is 12.5 Å². The Kier molecular flexibility index (Phi) is 3.91.